The number of phenols is 2. The Balaban J connectivity index is 1.71. The highest BCUT2D eigenvalue weighted by molar-refractivity contribution is 7.99. The third-order valence-electron chi connectivity index (χ3n) is 6.21. The summed E-state index contributed by atoms with van der Waals surface area (Å²) in [4.78, 5) is 12.3. The van der Waals surface area contributed by atoms with Gasteiger partial charge in [0.05, 0.1) is 6.10 Å². The fraction of sp³-hybridized carbons (Fsp3) is 0.500. The molecule has 0 radical (unpaired) electrons. The number of aromatic hydroxyl groups is 2. The first-order valence-corrected chi connectivity index (χ1v) is 12.2. The molecule has 0 fully saturated rings. The Hall–Kier alpha value is -1.98. The van der Waals surface area contributed by atoms with Gasteiger partial charge in [0.15, 0.2) is 0 Å². The van der Waals surface area contributed by atoms with Crippen molar-refractivity contribution in [3.05, 3.63) is 53.1 Å². The highest BCUT2D eigenvalue weighted by Gasteiger charge is 2.35. The van der Waals surface area contributed by atoms with Crippen molar-refractivity contribution >= 4 is 17.5 Å². The van der Waals surface area contributed by atoms with Crippen molar-refractivity contribution in [2.45, 2.75) is 81.5 Å². The summed E-state index contributed by atoms with van der Waals surface area (Å²) in [6, 6.07) is 11.7. The largest absolute Gasteiger partial charge is 0.508 e. The van der Waals surface area contributed by atoms with E-state index in [1.165, 1.54) is 11.6 Å². The van der Waals surface area contributed by atoms with Gasteiger partial charge in [-0.3, -0.25) is 0 Å². The summed E-state index contributed by atoms with van der Waals surface area (Å²) < 4.78 is 0. The highest BCUT2D eigenvalue weighted by atomic mass is 32.2. The smallest absolute Gasteiger partial charge is 0.129 e. The number of thioether (sulfide) groups is 1. The molecule has 3 unspecified atom stereocenters. The Morgan fingerprint density at radius 2 is 1.90 bits per heavy atom. The van der Waals surface area contributed by atoms with E-state index in [1.54, 1.807) is 24.8 Å². The number of fused-ring (bicyclic) bond motifs is 1. The van der Waals surface area contributed by atoms with Gasteiger partial charge in [0.2, 0.25) is 0 Å². The van der Waals surface area contributed by atoms with Crippen molar-refractivity contribution in [2.75, 3.05) is 0 Å². The predicted molar refractivity (Wildman–Crippen MR) is 126 cm³/mol. The number of carbonyl (C=O) groups is 1. The topological polar surface area (TPSA) is 77.8 Å². The molecule has 1 aliphatic carbocycles. The van der Waals surface area contributed by atoms with Gasteiger partial charge >= 0.3 is 0 Å². The number of benzene rings is 2. The molecule has 0 heterocycles. The minimum atomic E-state index is -0.247. The first-order valence-electron chi connectivity index (χ1n) is 11.3. The minimum absolute atomic E-state index is 0.102. The predicted octanol–water partition coefficient (Wildman–Crippen LogP) is 5.96. The normalized spacial score (nSPS) is 18.7. The number of aliphatic hydroxyl groups is 1. The van der Waals surface area contributed by atoms with Crippen LogP contribution in [0.5, 0.6) is 11.5 Å². The number of hydrogen-bond donors (Lipinski definition) is 3. The number of aryl methyl sites for hydroxylation is 1. The summed E-state index contributed by atoms with van der Waals surface area (Å²) in [5.74, 6) is 0.866. The molecule has 1 aliphatic rings. The van der Waals surface area contributed by atoms with Gasteiger partial charge in [-0.1, -0.05) is 25.5 Å². The summed E-state index contributed by atoms with van der Waals surface area (Å²) in [6.07, 6.45) is 6.45. The van der Waals surface area contributed by atoms with Crippen LogP contribution in [-0.2, 0) is 17.6 Å². The van der Waals surface area contributed by atoms with Crippen molar-refractivity contribution in [1.82, 2.24) is 0 Å². The van der Waals surface area contributed by atoms with Crippen molar-refractivity contribution in [3.63, 3.8) is 0 Å². The van der Waals surface area contributed by atoms with Crippen molar-refractivity contribution in [3.8, 4) is 11.5 Å². The van der Waals surface area contributed by atoms with E-state index in [-0.39, 0.29) is 28.6 Å². The number of rotatable bonds is 11. The Labute approximate surface area is 189 Å². The minimum Gasteiger partial charge on any atom is -0.508 e. The van der Waals surface area contributed by atoms with Crippen LogP contribution >= 0.6 is 11.8 Å². The van der Waals surface area contributed by atoms with E-state index >= 15 is 0 Å². The molecule has 0 aromatic heterocycles. The molecule has 3 atom stereocenters. The summed E-state index contributed by atoms with van der Waals surface area (Å²) in [5, 5.41) is 30.5. The fourth-order valence-corrected chi connectivity index (χ4v) is 5.77. The van der Waals surface area contributed by atoms with E-state index in [0.717, 1.165) is 61.0 Å². The SMILES string of the molecule is CCC(O)CCCC1Cc2c(O)cc(O)cc2C1Sc1ccc(CCCC(C)=O)cc1. The van der Waals surface area contributed by atoms with Crippen molar-refractivity contribution < 1.29 is 20.1 Å². The molecule has 168 valence electrons. The average molecular weight is 443 g/mol. The number of ketones is 1. The zero-order valence-corrected chi connectivity index (χ0v) is 19.3. The van der Waals surface area contributed by atoms with Crippen LogP contribution in [-0.4, -0.2) is 27.2 Å². The number of aliphatic hydroxyl groups excluding tert-OH is 1. The molecule has 5 heteroatoms. The van der Waals surface area contributed by atoms with Crippen LogP contribution < -0.4 is 0 Å². The van der Waals surface area contributed by atoms with E-state index < -0.39 is 0 Å². The van der Waals surface area contributed by atoms with E-state index in [0.29, 0.717) is 12.3 Å². The van der Waals surface area contributed by atoms with Gasteiger partial charge in [-0.25, -0.2) is 0 Å². The van der Waals surface area contributed by atoms with E-state index in [4.69, 9.17) is 0 Å². The lowest BCUT2D eigenvalue weighted by atomic mass is 9.97. The van der Waals surface area contributed by atoms with Gasteiger partial charge < -0.3 is 20.1 Å². The van der Waals surface area contributed by atoms with Crippen LogP contribution in [0.3, 0.4) is 0 Å². The third kappa shape index (κ3) is 6.50. The van der Waals surface area contributed by atoms with Gasteiger partial charge in [-0.2, -0.15) is 0 Å². The summed E-state index contributed by atoms with van der Waals surface area (Å²) >= 11 is 1.78. The second-order valence-electron chi connectivity index (χ2n) is 8.73. The van der Waals surface area contributed by atoms with E-state index in [1.807, 2.05) is 6.92 Å². The summed E-state index contributed by atoms with van der Waals surface area (Å²) in [6.45, 7) is 3.63. The molecule has 31 heavy (non-hydrogen) atoms. The number of phenolic OH excluding ortho intramolecular Hbond substituents is 2. The monoisotopic (exact) mass is 442 g/mol. The molecule has 0 amide bonds. The molecule has 2 aromatic carbocycles. The quantitative estimate of drug-likeness (QED) is 0.400. The fourth-order valence-electron chi connectivity index (χ4n) is 4.42. The molecule has 2 aromatic rings. The second kappa shape index (κ2) is 11.1. The second-order valence-corrected chi connectivity index (χ2v) is 9.94. The van der Waals surface area contributed by atoms with E-state index in [2.05, 4.69) is 24.3 Å². The maximum absolute atomic E-state index is 11.1. The molecule has 0 aliphatic heterocycles. The zero-order chi connectivity index (χ0) is 22.4. The van der Waals surface area contributed by atoms with Crippen molar-refractivity contribution in [2.24, 2.45) is 5.92 Å². The Bertz CT molecular complexity index is 878. The third-order valence-corrected chi connectivity index (χ3v) is 7.65. The molecule has 0 bridgehead atoms. The van der Waals surface area contributed by atoms with Gasteiger partial charge in [0.25, 0.3) is 0 Å². The van der Waals surface area contributed by atoms with Crippen LogP contribution in [0, 0.1) is 5.92 Å². The first-order chi connectivity index (χ1) is 14.9. The summed E-state index contributed by atoms with van der Waals surface area (Å²) in [7, 11) is 0. The standard InChI is InChI=1S/C26H34O4S/c1-3-20(28)9-5-8-19-14-23-24(15-21(29)16-25(23)30)26(19)31-22-12-10-18(11-13-22)7-4-6-17(2)27/h10-13,15-16,19-20,26,28-30H,3-9,14H2,1-2H3. The van der Waals surface area contributed by atoms with Gasteiger partial charge in [0, 0.05) is 22.6 Å². The lowest BCUT2D eigenvalue weighted by Gasteiger charge is -2.21. The molecule has 0 saturated heterocycles. The molecule has 0 spiro atoms. The van der Waals surface area contributed by atoms with Gasteiger partial charge in [0.1, 0.15) is 17.3 Å². The van der Waals surface area contributed by atoms with Crippen LogP contribution in [0.2, 0.25) is 0 Å². The molecule has 4 nitrogen and oxygen atoms in total. The van der Waals surface area contributed by atoms with E-state index in [9.17, 15) is 20.1 Å². The van der Waals surface area contributed by atoms with Gasteiger partial charge in [-0.15, -0.1) is 11.8 Å². The summed E-state index contributed by atoms with van der Waals surface area (Å²) in [5.41, 5.74) is 3.20. The maximum Gasteiger partial charge on any atom is 0.129 e. The van der Waals surface area contributed by atoms with Crippen LogP contribution in [0.4, 0.5) is 0 Å². The van der Waals surface area contributed by atoms with Crippen LogP contribution in [0.25, 0.3) is 0 Å². The molecule has 3 rings (SSSR count). The first kappa shape index (κ1) is 23.7. The Morgan fingerprint density at radius 1 is 1.16 bits per heavy atom. The lowest BCUT2D eigenvalue weighted by Crippen LogP contribution is -2.09. The van der Waals surface area contributed by atoms with Crippen molar-refractivity contribution in [1.29, 1.82) is 0 Å². The Morgan fingerprint density at radius 3 is 2.58 bits per heavy atom. The number of carbonyl (C=O) groups excluding carboxylic acids is 1. The molecular weight excluding hydrogens is 408 g/mol. The lowest BCUT2D eigenvalue weighted by molar-refractivity contribution is -0.117. The van der Waals surface area contributed by atoms with Gasteiger partial charge in [-0.05, 0) is 86.3 Å². The molecule has 3 N–H and O–H groups in total. The number of Topliss-reactive ketones (excluding diaryl/α,β-unsaturated/α-hetero) is 1. The average Bonchev–Trinajstić information content (AvgIpc) is 3.06. The van der Waals surface area contributed by atoms with Crippen LogP contribution in [0.15, 0.2) is 41.3 Å². The Kier molecular flexibility index (Phi) is 8.44. The maximum atomic E-state index is 11.1. The highest BCUT2D eigenvalue weighted by Crippen LogP contribution is 2.53. The zero-order valence-electron chi connectivity index (χ0n) is 18.5. The van der Waals surface area contributed by atoms with Crippen LogP contribution in [0.1, 0.15) is 74.3 Å². The molecule has 0 saturated carbocycles. The molecular formula is C26H34O4S. The number of hydrogen-bond acceptors (Lipinski definition) is 5.